The Labute approximate surface area is 296 Å². The maximum Gasteiger partial charge on any atom is 0.411 e. The molecule has 2 aliphatic rings. The standard InChI is InChI=1S/C34H51Cl3N2O7Si/c1-12-43-28(40)27-25(23-15-13-14-22(18-23)16-17-44-47(10,11)32(5,6)7)19-24-20-38(29(41)45-31(2,3)4)21-26(27)39(24)30(42)46-33(8,9)34(35,36)37/h13-15,18,24,26H,12,16-17,19-21H2,1-11H3. The molecule has 2 atom stereocenters. The van der Waals surface area contributed by atoms with Crippen LogP contribution in [0.3, 0.4) is 0 Å². The van der Waals surface area contributed by atoms with Crippen LogP contribution in [0, 0.1) is 0 Å². The number of rotatable bonds is 8. The van der Waals surface area contributed by atoms with E-state index < -0.39 is 53.6 Å². The highest BCUT2D eigenvalue weighted by Crippen LogP contribution is 2.44. The van der Waals surface area contributed by atoms with E-state index in [0.717, 1.165) is 16.7 Å². The molecule has 2 unspecified atom stereocenters. The summed E-state index contributed by atoms with van der Waals surface area (Å²) in [4.78, 5) is 44.0. The zero-order valence-corrected chi connectivity index (χ0v) is 32.9. The number of amides is 2. The van der Waals surface area contributed by atoms with Crippen molar-refractivity contribution in [3.05, 3.63) is 41.0 Å². The first-order chi connectivity index (χ1) is 21.4. The van der Waals surface area contributed by atoms with Crippen LogP contribution in [0.15, 0.2) is 29.8 Å². The molecule has 0 radical (unpaired) electrons. The Hall–Kier alpha value is -1.98. The van der Waals surface area contributed by atoms with Crippen LogP contribution in [-0.4, -0.2) is 89.7 Å². The molecule has 2 heterocycles. The van der Waals surface area contributed by atoms with Gasteiger partial charge in [0, 0.05) is 19.7 Å². The van der Waals surface area contributed by atoms with Crippen molar-refractivity contribution >= 4 is 66.8 Å². The largest absolute Gasteiger partial charge is 0.463 e. The van der Waals surface area contributed by atoms with Crippen molar-refractivity contribution in [3.8, 4) is 0 Å². The number of carbonyl (C=O) groups is 3. The summed E-state index contributed by atoms with van der Waals surface area (Å²) in [6, 6.07) is 6.53. The molecule has 3 rings (SSSR count). The lowest BCUT2D eigenvalue weighted by Crippen LogP contribution is -2.66. The summed E-state index contributed by atoms with van der Waals surface area (Å²) < 4.78 is 21.5. The van der Waals surface area contributed by atoms with Crippen molar-refractivity contribution < 1.29 is 33.0 Å². The molecular weight excluding hydrogens is 683 g/mol. The number of fused-ring (bicyclic) bond motifs is 2. The van der Waals surface area contributed by atoms with Gasteiger partial charge in [0.05, 0.1) is 24.3 Å². The molecule has 13 heteroatoms. The Morgan fingerprint density at radius 3 is 2.13 bits per heavy atom. The van der Waals surface area contributed by atoms with Crippen LogP contribution in [0.25, 0.3) is 5.57 Å². The maximum absolute atomic E-state index is 13.9. The molecule has 0 N–H and O–H groups in total. The summed E-state index contributed by atoms with van der Waals surface area (Å²) in [5.74, 6) is -0.581. The Kier molecular flexibility index (Phi) is 12.2. The van der Waals surface area contributed by atoms with Crippen molar-refractivity contribution in [1.82, 2.24) is 9.80 Å². The number of alkyl halides is 3. The molecular formula is C34H51Cl3N2O7Si. The molecule has 264 valence electrons. The van der Waals surface area contributed by atoms with Gasteiger partial charge < -0.3 is 23.5 Å². The van der Waals surface area contributed by atoms with E-state index in [1.807, 2.05) is 18.2 Å². The zero-order valence-electron chi connectivity index (χ0n) is 29.6. The number of esters is 1. The van der Waals surface area contributed by atoms with Crippen LogP contribution < -0.4 is 0 Å². The van der Waals surface area contributed by atoms with Crippen LogP contribution in [0.1, 0.15) is 79.9 Å². The van der Waals surface area contributed by atoms with E-state index in [0.29, 0.717) is 13.0 Å². The Morgan fingerprint density at radius 1 is 0.936 bits per heavy atom. The molecule has 1 aromatic carbocycles. The van der Waals surface area contributed by atoms with Crippen molar-refractivity contribution in [2.75, 3.05) is 26.3 Å². The summed E-state index contributed by atoms with van der Waals surface area (Å²) in [7, 11) is -1.92. The van der Waals surface area contributed by atoms with Gasteiger partial charge >= 0.3 is 18.2 Å². The van der Waals surface area contributed by atoms with Gasteiger partial charge in [-0.25, -0.2) is 14.4 Å². The average molecular weight is 734 g/mol. The summed E-state index contributed by atoms with van der Waals surface area (Å²) in [6.45, 7) is 22.0. The first kappa shape index (κ1) is 39.5. The SMILES string of the molecule is CCOC(=O)C1=C(c2cccc(CCO[Si](C)(C)C(C)(C)C)c2)CC2CN(C(=O)OC(C)(C)C)CC1N2C(=O)OC(C)(C)C(Cl)(Cl)Cl. The zero-order chi connectivity index (χ0) is 35.8. The van der Waals surface area contributed by atoms with Crippen molar-refractivity contribution in [1.29, 1.82) is 0 Å². The topological polar surface area (TPSA) is 94.6 Å². The molecule has 0 aromatic heterocycles. The van der Waals surface area contributed by atoms with Gasteiger partial charge in [0.2, 0.25) is 3.79 Å². The van der Waals surface area contributed by atoms with Crippen molar-refractivity contribution in [2.24, 2.45) is 0 Å². The number of benzene rings is 1. The third-order valence-electron chi connectivity index (χ3n) is 8.97. The fourth-order valence-electron chi connectivity index (χ4n) is 5.29. The molecule has 47 heavy (non-hydrogen) atoms. The summed E-state index contributed by atoms with van der Waals surface area (Å²) in [5, 5.41) is 0.0995. The monoisotopic (exact) mass is 732 g/mol. The lowest BCUT2D eigenvalue weighted by Gasteiger charge is -2.50. The maximum atomic E-state index is 13.9. The fraction of sp³-hybridized carbons (Fsp3) is 0.676. The highest BCUT2D eigenvalue weighted by atomic mass is 35.6. The number of carbonyl (C=O) groups excluding carboxylic acids is 3. The molecule has 1 saturated heterocycles. The predicted molar refractivity (Wildman–Crippen MR) is 190 cm³/mol. The molecule has 0 saturated carbocycles. The number of piperazine rings is 1. The lowest BCUT2D eigenvalue weighted by molar-refractivity contribution is -0.140. The Balaban J connectivity index is 2.08. The van der Waals surface area contributed by atoms with E-state index in [-0.39, 0.29) is 36.7 Å². The van der Waals surface area contributed by atoms with Crippen molar-refractivity contribution in [2.45, 2.75) is 120 Å². The van der Waals surface area contributed by atoms with Gasteiger partial charge in [-0.05, 0) is 89.2 Å². The highest BCUT2D eigenvalue weighted by molar-refractivity contribution is 6.74. The number of nitrogens with zero attached hydrogens (tertiary/aromatic N) is 2. The quantitative estimate of drug-likeness (QED) is 0.114. The van der Waals surface area contributed by atoms with Gasteiger partial charge in [-0.1, -0.05) is 79.8 Å². The molecule has 0 aliphatic carbocycles. The summed E-state index contributed by atoms with van der Waals surface area (Å²) >= 11 is 18.5. The van der Waals surface area contributed by atoms with E-state index in [1.165, 1.54) is 23.6 Å². The highest BCUT2D eigenvalue weighted by Gasteiger charge is 2.52. The van der Waals surface area contributed by atoms with E-state index in [9.17, 15) is 14.4 Å². The van der Waals surface area contributed by atoms with Crippen LogP contribution in [0.2, 0.25) is 18.1 Å². The smallest absolute Gasteiger partial charge is 0.411 e. The van der Waals surface area contributed by atoms with Gasteiger partial charge in [-0.15, -0.1) is 0 Å². The Morgan fingerprint density at radius 2 is 1.57 bits per heavy atom. The minimum atomic E-state index is -1.92. The third-order valence-corrected chi connectivity index (χ3v) is 14.9. The number of hydrogen-bond donors (Lipinski definition) is 0. The third kappa shape index (κ3) is 9.59. The number of ether oxygens (including phenoxy) is 3. The average Bonchev–Trinajstić information content (AvgIpc) is 2.89. The first-order valence-corrected chi connectivity index (χ1v) is 20.1. The molecule has 9 nitrogen and oxygen atoms in total. The minimum absolute atomic E-state index is 0.0214. The van der Waals surface area contributed by atoms with Gasteiger partial charge in [0.15, 0.2) is 13.9 Å². The van der Waals surface area contributed by atoms with Gasteiger partial charge in [0.25, 0.3) is 0 Å². The molecule has 1 aromatic rings. The van der Waals surface area contributed by atoms with E-state index >= 15 is 0 Å². The van der Waals surface area contributed by atoms with E-state index in [1.54, 1.807) is 27.7 Å². The number of hydrogen-bond acceptors (Lipinski definition) is 7. The lowest BCUT2D eigenvalue weighted by atomic mass is 9.81. The summed E-state index contributed by atoms with van der Waals surface area (Å²) in [5.41, 5.74) is 0.685. The second kappa shape index (κ2) is 14.5. The Bertz CT molecular complexity index is 1360. The first-order valence-electron chi connectivity index (χ1n) is 16.1. The fourth-order valence-corrected chi connectivity index (χ4v) is 6.45. The van der Waals surface area contributed by atoms with Crippen LogP contribution in [-0.2, 0) is 29.9 Å². The van der Waals surface area contributed by atoms with Crippen LogP contribution in [0.5, 0.6) is 0 Å². The van der Waals surface area contributed by atoms with Gasteiger partial charge in [-0.3, -0.25) is 4.90 Å². The van der Waals surface area contributed by atoms with Crippen molar-refractivity contribution in [3.63, 3.8) is 0 Å². The van der Waals surface area contributed by atoms with Gasteiger partial charge in [-0.2, -0.15) is 0 Å². The number of halogens is 3. The molecule has 2 amide bonds. The second-order valence-electron chi connectivity index (χ2n) is 15.2. The van der Waals surface area contributed by atoms with Crippen LogP contribution in [0.4, 0.5) is 9.59 Å². The second-order valence-corrected chi connectivity index (χ2v) is 22.3. The molecule has 2 bridgehead atoms. The van der Waals surface area contributed by atoms with E-state index in [2.05, 4.69) is 39.9 Å². The van der Waals surface area contributed by atoms with E-state index in [4.69, 9.17) is 53.4 Å². The predicted octanol–water partition coefficient (Wildman–Crippen LogP) is 8.55. The van der Waals surface area contributed by atoms with Crippen LogP contribution >= 0.6 is 34.8 Å². The molecule has 2 aliphatic heterocycles. The minimum Gasteiger partial charge on any atom is -0.463 e. The summed E-state index contributed by atoms with van der Waals surface area (Å²) in [6.07, 6.45) is -0.362. The normalized spacial score (nSPS) is 19.4. The molecule has 0 spiro atoms. The van der Waals surface area contributed by atoms with Gasteiger partial charge in [0.1, 0.15) is 5.60 Å². The molecule has 1 fully saturated rings.